The second-order valence-corrected chi connectivity index (χ2v) is 5.14. The van der Waals surface area contributed by atoms with Crippen LogP contribution in [0.1, 0.15) is 39.5 Å². The molecule has 0 saturated heterocycles. The Kier molecular flexibility index (Phi) is 5.43. The standard InChI is InChI=1S/C13H23N3O/c1-10(8-14)9-16(3)11(2)13(17)15-12-6-4-5-7-12/h10-12H,4-7,9H2,1-3H3,(H,15,17). The average molecular weight is 237 g/mol. The first-order valence-corrected chi connectivity index (χ1v) is 6.44. The molecule has 4 nitrogen and oxygen atoms in total. The van der Waals surface area contributed by atoms with E-state index in [0.717, 1.165) is 12.8 Å². The number of nitriles is 1. The minimum atomic E-state index is -0.161. The van der Waals surface area contributed by atoms with Crippen LogP contribution in [0.4, 0.5) is 0 Å². The summed E-state index contributed by atoms with van der Waals surface area (Å²) < 4.78 is 0. The van der Waals surface area contributed by atoms with Crippen LogP contribution in [0.15, 0.2) is 0 Å². The van der Waals surface area contributed by atoms with E-state index in [0.29, 0.717) is 12.6 Å². The summed E-state index contributed by atoms with van der Waals surface area (Å²) in [5, 5.41) is 11.8. The number of rotatable bonds is 5. The van der Waals surface area contributed by atoms with Gasteiger partial charge in [-0.2, -0.15) is 5.26 Å². The quantitative estimate of drug-likeness (QED) is 0.789. The monoisotopic (exact) mass is 237 g/mol. The van der Waals surface area contributed by atoms with E-state index in [2.05, 4.69) is 11.4 Å². The smallest absolute Gasteiger partial charge is 0.237 e. The van der Waals surface area contributed by atoms with Crippen LogP contribution in [0.5, 0.6) is 0 Å². The third-order valence-electron chi connectivity index (χ3n) is 3.52. The highest BCUT2D eigenvalue weighted by molar-refractivity contribution is 5.81. The fourth-order valence-corrected chi connectivity index (χ4v) is 2.22. The molecule has 96 valence electrons. The lowest BCUT2D eigenvalue weighted by molar-refractivity contribution is -0.126. The van der Waals surface area contributed by atoms with Gasteiger partial charge in [-0.1, -0.05) is 12.8 Å². The Balaban J connectivity index is 2.37. The van der Waals surface area contributed by atoms with Gasteiger partial charge in [-0.15, -0.1) is 0 Å². The molecule has 1 aliphatic carbocycles. The SMILES string of the molecule is CC(C#N)CN(C)C(C)C(=O)NC1CCCC1. The van der Waals surface area contributed by atoms with Crippen LogP contribution in [0, 0.1) is 17.2 Å². The molecule has 1 fully saturated rings. The Morgan fingerprint density at radius 2 is 2.06 bits per heavy atom. The summed E-state index contributed by atoms with van der Waals surface area (Å²) >= 11 is 0. The zero-order valence-corrected chi connectivity index (χ0v) is 11.1. The Hall–Kier alpha value is -1.08. The minimum absolute atomic E-state index is 0.0401. The van der Waals surface area contributed by atoms with Gasteiger partial charge in [-0.05, 0) is 33.7 Å². The van der Waals surface area contributed by atoms with E-state index in [-0.39, 0.29) is 17.9 Å². The molecule has 1 rings (SSSR count). The molecule has 0 aromatic carbocycles. The van der Waals surface area contributed by atoms with E-state index >= 15 is 0 Å². The van der Waals surface area contributed by atoms with Crippen LogP contribution >= 0.6 is 0 Å². The first-order valence-electron chi connectivity index (χ1n) is 6.44. The molecule has 2 unspecified atom stereocenters. The number of amides is 1. The molecule has 0 spiro atoms. The van der Waals surface area contributed by atoms with Gasteiger partial charge in [0.25, 0.3) is 0 Å². The van der Waals surface area contributed by atoms with Gasteiger partial charge in [0, 0.05) is 12.6 Å². The summed E-state index contributed by atoms with van der Waals surface area (Å²) in [7, 11) is 1.90. The van der Waals surface area contributed by atoms with E-state index in [4.69, 9.17) is 5.26 Å². The molecule has 0 aliphatic heterocycles. The highest BCUT2D eigenvalue weighted by Gasteiger charge is 2.23. The van der Waals surface area contributed by atoms with Gasteiger partial charge >= 0.3 is 0 Å². The van der Waals surface area contributed by atoms with Crippen LogP contribution in [0.3, 0.4) is 0 Å². The lowest BCUT2D eigenvalue weighted by Gasteiger charge is -2.26. The number of nitrogens with zero attached hydrogens (tertiary/aromatic N) is 2. The molecule has 4 heteroatoms. The first-order chi connectivity index (χ1) is 8.04. The molecule has 0 aromatic rings. The van der Waals surface area contributed by atoms with Crippen molar-refractivity contribution < 1.29 is 4.79 Å². The van der Waals surface area contributed by atoms with Gasteiger partial charge in [-0.25, -0.2) is 0 Å². The third-order valence-corrected chi connectivity index (χ3v) is 3.52. The average Bonchev–Trinajstić information content (AvgIpc) is 2.80. The van der Waals surface area contributed by atoms with Gasteiger partial charge in [0.15, 0.2) is 0 Å². The van der Waals surface area contributed by atoms with Gasteiger partial charge < -0.3 is 5.32 Å². The normalized spacial score (nSPS) is 19.9. The van der Waals surface area contributed by atoms with Crippen molar-refractivity contribution in [3.05, 3.63) is 0 Å². The minimum Gasteiger partial charge on any atom is -0.352 e. The molecule has 0 aromatic heterocycles. The van der Waals surface area contributed by atoms with Crippen molar-refractivity contribution in [2.75, 3.05) is 13.6 Å². The molecular weight excluding hydrogens is 214 g/mol. The zero-order chi connectivity index (χ0) is 12.8. The second-order valence-electron chi connectivity index (χ2n) is 5.14. The van der Waals surface area contributed by atoms with Crippen LogP contribution in [-0.4, -0.2) is 36.5 Å². The molecule has 17 heavy (non-hydrogen) atoms. The highest BCUT2D eigenvalue weighted by Crippen LogP contribution is 2.17. The summed E-state index contributed by atoms with van der Waals surface area (Å²) in [6.45, 7) is 4.40. The Morgan fingerprint density at radius 3 is 2.59 bits per heavy atom. The topological polar surface area (TPSA) is 56.1 Å². The fourth-order valence-electron chi connectivity index (χ4n) is 2.22. The molecule has 2 atom stereocenters. The molecule has 1 N–H and O–H groups in total. The maximum Gasteiger partial charge on any atom is 0.237 e. The maximum atomic E-state index is 12.0. The van der Waals surface area contributed by atoms with E-state index in [9.17, 15) is 4.79 Å². The Morgan fingerprint density at radius 1 is 1.47 bits per heavy atom. The summed E-state index contributed by atoms with van der Waals surface area (Å²) in [6.07, 6.45) is 4.66. The van der Waals surface area contributed by atoms with Crippen LogP contribution in [0.2, 0.25) is 0 Å². The predicted molar refractivity (Wildman–Crippen MR) is 67.3 cm³/mol. The second kappa shape index (κ2) is 6.61. The molecule has 0 radical (unpaired) electrons. The molecular formula is C13H23N3O. The number of carbonyl (C=O) groups is 1. The molecule has 1 saturated carbocycles. The van der Waals surface area contributed by atoms with E-state index in [1.165, 1.54) is 12.8 Å². The van der Waals surface area contributed by atoms with Crippen molar-refractivity contribution in [2.24, 2.45) is 5.92 Å². The number of hydrogen-bond acceptors (Lipinski definition) is 3. The van der Waals surface area contributed by atoms with Crippen molar-refractivity contribution in [1.82, 2.24) is 10.2 Å². The largest absolute Gasteiger partial charge is 0.352 e. The summed E-state index contributed by atoms with van der Waals surface area (Å²) in [5.41, 5.74) is 0. The lowest BCUT2D eigenvalue weighted by Crippen LogP contribution is -2.47. The number of carbonyl (C=O) groups excluding carboxylic acids is 1. The van der Waals surface area contributed by atoms with E-state index in [1.807, 2.05) is 25.8 Å². The molecule has 0 bridgehead atoms. The van der Waals surface area contributed by atoms with Crippen LogP contribution < -0.4 is 5.32 Å². The molecule has 1 aliphatic rings. The molecule has 1 amide bonds. The van der Waals surface area contributed by atoms with Crippen molar-refractivity contribution in [3.8, 4) is 6.07 Å². The number of hydrogen-bond donors (Lipinski definition) is 1. The first kappa shape index (κ1) is 14.0. The summed E-state index contributed by atoms with van der Waals surface area (Å²) in [5.74, 6) is 0.0475. The lowest BCUT2D eigenvalue weighted by atomic mass is 10.1. The third kappa shape index (κ3) is 4.35. The van der Waals surface area contributed by atoms with E-state index in [1.54, 1.807) is 0 Å². The Labute approximate surface area is 104 Å². The highest BCUT2D eigenvalue weighted by atomic mass is 16.2. The van der Waals surface area contributed by atoms with Crippen LogP contribution in [-0.2, 0) is 4.79 Å². The van der Waals surface area contributed by atoms with Gasteiger partial charge in [0.05, 0.1) is 18.0 Å². The van der Waals surface area contributed by atoms with Crippen molar-refractivity contribution >= 4 is 5.91 Å². The Bertz CT molecular complexity index is 292. The number of likely N-dealkylation sites (N-methyl/N-ethyl adjacent to an activating group) is 1. The van der Waals surface area contributed by atoms with Crippen molar-refractivity contribution in [1.29, 1.82) is 5.26 Å². The van der Waals surface area contributed by atoms with Crippen LogP contribution in [0.25, 0.3) is 0 Å². The predicted octanol–water partition coefficient (Wildman–Crippen LogP) is 1.53. The van der Waals surface area contributed by atoms with Gasteiger partial charge in [0.2, 0.25) is 5.91 Å². The van der Waals surface area contributed by atoms with Gasteiger partial charge in [0.1, 0.15) is 0 Å². The van der Waals surface area contributed by atoms with Crippen molar-refractivity contribution in [2.45, 2.75) is 51.6 Å². The zero-order valence-electron chi connectivity index (χ0n) is 11.1. The molecule has 0 heterocycles. The maximum absolute atomic E-state index is 12.0. The number of nitrogens with one attached hydrogen (secondary N) is 1. The van der Waals surface area contributed by atoms with E-state index < -0.39 is 0 Å². The van der Waals surface area contributed by atoms with Gasteiger partial charge in [-0.3, -0.25) is 9.69 Å². The van der Waals surface area contributed by atoms with Crippen molar-refractivity contribution in [3.63, 3.8) is 0 Å². The summed E-state index contributed by atoms with van der Waals surface area (Å²) in [4.78, 5) is 13.9. The summed E-state index contributed by atoms with van der Waals surface area (Å²) in [6, 6.07) is 2.40. The fraction of sp³-hybridized carbons (Fsp3) is 0.846.